The summed E-state index contributed by atoms with van der Waals surface area (Å²) in [5, 5.41) is -0.266. The van der Waals surface area contributed by atoms with Gasteiger partial charge in [-0.2, -0.15) is 4.31 Å². The minimum atomic E-state index is -3.31. The zero-order chi connectivity index (χ0) is 17.5. The van der Waals surface area contributed by atoms with Crippen molar-refractivity contribution in [2.75, 3.05) is 44.4 Å². The molecular weight excluding hydrogens is 344 g/mol. The summed E-state index contributed by atoms with van der Waals surface area (Å²) < 4.78 is 38.4. The number of anilines is 1. The molecule has 0 radical (unpaired) electrons. The largest absolute Gasteiger partial charge is 0.377 e. The highest BCUT2D eigenvalue weighted by Gasteiger charge is 2.48. The maximum Gasteiger partial charge on any atom is 0.253 e. The van der Waals surface area contributed by atoms with E-state index in [1.165, 1.54) is 4.31 Å². The highest BCUT2D eigenvalue weighted by atomic mass is 32.2. The van der Waals surface area contributed by atoms with Crippen LogP contribution < -0.4 is 4.90 Å². The van der Waals surface area contributed by atoms with E-state index in [-0.39, 0.29) is 37.5 Å². The summed E-state index contributed by atoms with van der Waals surface area (Å²) in [7, 11) is -3.31. The van der Waals surface area contributed by atoms with Crippen molar-refractivity contribution < 1.29 is 22.7 Å². The second-order valence-electron chi connectivity index (χ2n) is 6.92. The summed E-state index contributed by atoms with van der Waals surface area (Å²) in [4.78, 5) is 14.0. The van der Waals surface area contributed by atoms with Gasteiger partial charge in [0.1, 0.15) is 12.2 Å². The molecule has 25 heavy (non-hydrogen) atoms. The Labute approximate surface area is 147 Å². The quantitative estimate of drug-likeness (QED) is 0.784. The van der Waals surface area contributed by atoms with E-state index in [0.717, 1.165) is 18.5 Å². The van der Waals surface area contributed by atoms with Crippen LogP contribution in [0.15, 0.2) is 30.3 Å². The first-order valence-electron chi connectivity index (χ1n) is 8.56. The molecule has 1 aromatic carbocycles. The van der Waals surface area contributed by atoms with Gasteiger partial charge in [0.2, 0.25) is 10.0 Å². The van der Waals surface area contributed by atoms with Gasteiger partial charge in [0, 0.05) is 18.8 Å². The van der Waals surface area contributed by atoms with E-state index < -0.39 is 15.6 Å². The van der Waals surface area contributed by atoms with E-state index in [4.69, 9.17) is 9.47 Å². The van der Waals surface area contributed by atoms with E-state index in [0.29, 0.717) is 13.2 Å². The average Bonchev–Trinajstić information content (AvgIpc) is 3.46. The van der Waals surface area contributed by atoms with Crippen molar-refractivity contribution in [1.82, 2.24) is 4.31 Å². The maximum atomic E-state index is 12.7. The Morgan fingerprint density at radius 1 is 1.12 bits per heavy atom. The molecule has 2 heterocycles. The van der Waals surface area contributed by atoms with Gasteiger partial charge in [0.25, 0.3) is 5.91 Å². The Hall–Kier alpha value is -1.48. The molecule has 2 saturated heterocycles. The van der Waals surface area contributed by atoms with E-state index in [2.05, 4.69) is 0 Å². The molecule has 0 bridgehead atoms. The summed E-state index contributed by atoms with van der Waals surface area (Å²) in [5.41, 5.74) is -0.0432. The monoisotopic (exact) mass is 366 g/mol. The molecule has 1 atom stereocenters. The Morgan fingerprint density at radius 2 is 1.88 bits per heavy atom. The summed E-state index contributed by atoms with van der Waals surface area (Å²) in [5.74, 6) is -0.127. The lowest BCUT2D eigenvalue weighted by molar-refractivity contribution is -0.145. The summed E-state index contributed by atoms with van der Waals surface area (Å²) >= 11 is 0. The van der Waals surface area contributed by atoms with Crippen LogP contribution in [0.5, 0.6) is 0 Å². The SMILES string of the molecule is O=C1CO[C@]2(COCCN(S(=O)(=O)C3CC3)C2)CN1c1ccccc1. The Bertz CT molecular complexity index is 750. The molecule has 3 fully saturated rings. The zero-order valence-electron chi connectivity index (χ0n) is 14.0. The van der Waals surface area contributed by atoms with Crippen molar-refractivity contribution in [2.45, 2.75) is 23.7 Å². The van der Waals surface area contributed by atoms with Gasteiger partial charge in [-0.15, -0.1) is 0 Å². The van der Waals surface area contributed by atoms with Gasteiger partial charge < -0.3 is 14.4 Å². The third-order valence-electron chi connectivity index (χ3n) is 4.94. The number of hydrogen-bond acceptors (Lipinski definition) is 5. The number of carbonyl (C=O) groups excluding carboxylic acids is 1. The lowest BCUT2D eigenvalue weighted by atomic mass is 10.0. The predicted octanol–water partition coefficient (Wildman–Crippen LogP) is 0.613. The van der Waals surface area contributed by atoms with Crippen molar-refractivity contribution >= 4 is 21.6 Å². The van der Waals surface area contributed by atoms with Gasteiger partial charge in [-0.1, -0.05) is 18.2 Å². The van der Waals surface area contributed by atoms with E-state index in [1.54, 1.807) is 4.90 Å². The van der Waals surface area contributed by atoms with Crippen LogP contribution in [0.1, 0.15) is 12.8 Å². The van der Waals surface area contributed by atoms with E-state index in [1.807, 2.05) is 30.3 Å². The van der Waals surface area contributed by atoms with Crippen LogP contribution in [0.25, 0.3) is 0 Å². The molecular formula is C17H22N2O5S. The molecule has 1 amide bonds. The molecule has 4 rings (SSSR count). The maximum absolute atomic E-state index is 12.7. The fraction of sp³-hybridized carbons (Fsp3) is 0.588. The molecule has 1 spiro atoms. The first-order valence-corrected chi connectivity index (χ1v) is 10.1. The number of para-hydroxylation sites is 1. The van der Waals surface area contributed by atoms with Crippen molar-refractivity contribution in [3.05, 3.63) is 30.3 Å². The van der Waals surface area contributed by atoms with Crippen molar-refractivity contribution in [3.8, 4) is 0 Å². The second-order valence-corrected chi connectivity index (χ2v) is 9.13. The fourth-order valence-corrected chi connectivity index (χ4v) is 5.30. The first kappa shape index (κ1) is 17.0. The van der Waals surface area contributed by atoms with E-state index in [9.17, 15) is 13.2 Å². The number of carbonyl (C=O) groups is 1. The first-order chi connectivity index (χ1) is 12.0. The number of morpholine rings is 1. The average molecular weight is 366 g/mol. The lowest BCUT2D eigenvalue weighted by Gasteiger charge is -2.42. The number of sulfonamides is 1. The molecule has 8 heteroatoms. The summed E-state index contributed by atoms with van der Waals surface area (Å²) in [6, 6.07) is 9.37. The highest BCUT2D eigenvalue weighted by Crippen LogP contribution is 2.34. The second kappa shape index (κ2) is 6.35. The van der Waals surface area contributed by atoms with Crippen LogP contribution in [0.2, 0.25) is 0 Å². The third kappa shape index (κ3) is 3.31. The van der Waals surface area contributed by atoms with Crippen molar-refractivity contribution in [1.29, 1.82) is 0 Å². The Kier molecular flexibility index (Phi) is 4.31. The molecule has 0 N–H and O–H groups in total. The normalized spacial score (nSPS) is 29.0. The number of amides is 1. The van der Waals surface area contributed by atoms with Gasteiger partial charge >= 0.3 is 0 Å². The van der Waals surface area contributed by atoms with Crippen LogP contribution in [-0.2, 0) is 24.3 Å². The van der Waals surface area contributed by atoms with Gasteiger partial charge in [0.05, 0.1) is 25.0 Å². The minimum absolute atomic E-state index is 0.0738. The Morgan fingerprint density at radius 3 is 2.60 bits per heavy atom. The van der Waals surface area contributed by atoms with Gasteiger partial charge in [0.15, 0.2) is 0 Å². The Balaban J connectivity index is 1.60. The third-order valence-corrected chi connectivity index (χ3v) is 7.28. The smallest absolute Gasteiger partial charge is 0.253 e. The van der Waals surface area contributed by atoms with Crippen molar-refractivity contribution in [2.24, 2.45) is 0 Å². The summed E-state index contributed by atoms with van der Waals surface area (Å²) in [6.45, 7) is 1.39. The van der Waals surface area contributed by atoms with Gasteiger partial charge in [-0.05, 0) is 25.0 Å². The number of nitrogens with zero attached hydrogens (tertiary/aromatic N) is 2. The molecule has 0 aromatic heterocycles. The standard InChI is InChI=1S/C17H22N2O5S/c20-16-10-24-17(12-19(16)14-4-2-1-3-5-14)11-18(8-9-23-13-17)25(21,22)15-6-7-15/h1-5,15H,6-13H2/t17-/m0/s1. The van der Waals surface area contributed by atoms with E-state index >= 15 is 0 Å². The topological polar surface area (TPSA) is 76.1 Å². The van der Waals surface area contributed by atoms with Gasteiger partial charge in [-0.25, -0.2) is 8.42 Å². The van der Waals surface area contributed by atoms with Crippen LogP contribution in [0, 0.1) is 0 Å². The number of rotatable bonds is 3. The molecule has 1 aliphatic carbocycles. The molecule has 3 aliphatic rings. The van der Waals surface area contributed by atoms with Crippen LogP contribution in [-0.4, -0.2) is 68.9 Å². The molecule has 0 unspecified atom stereocenters. The number of ether oxygens (including phenoxy) is 2. The molecule has 2 aliphatic heterocycles. The van der Waals surface area contributed by atoms with Crippen LogP contribution >= 0.6 is 0 Å². The predicted molar refractivity (Wildman–Crippen MR) is 91.8 cm³/mol. The van der Waals surface area contributed by atoms with Crippen molar-refractivity contribution in [3.63, 3.8) is 0 Å². The molecule has 1 aromatic rings. The fourth-order valence-electron chi connectivity index (χ4n) is 3.41. The minimum Gasteiger partial charge on any atom is -0.377 e. The summed E-state index contributed by atoms with van der Waals surface area (Å²) in [6.07, 6.45) is 1.45. The number of hydrogen-bond donors (Lipinski definition) is 0. The molecule has 136 valence electrons. The van der Waals surface area contributed by atoms with Crippen LogP contribution in [0.3, 0.4) is 0 Å². The molecule has 7 nitrogen and oxygen atoms in total. The van der Waals surface area contributed by atoms with Crippen LogP contribution in [0.4, 0.5) is 5.69 Å². The zero-order valence-corrected chi connectivity index (χ0v) is 14.8. The number of benzene rings is 1. The molecule has 1 saturated carbocycles. The lowest BCUT2D eigenvalue weighted by Crippen LogP contribution is -2.61. The highest BCUT2D eigenvalue weighted by molar-refractivity contribution is 7.90. The van der Waals surface area contributed by atoms with Gasteiger partial charge in [-0.3, -0.25) is 4.79 Å².